The number of hydrogen-bond donors (Lipinski definition) is 2. The Morgan fingerprint density at radius 3 is 2.23 bits per heavy atom. The number of carbonyl (C=O) groups excluding carboxylic acids is 1. The highest BCUT2D eigenvalue weighted by atomic mass is 32.2. The molecule has 1 amide bonds. The molecule has 0 atom stereocenters. The van der Waals surface area contributed by atoms with Gasteiger partial charge >= 0.3 is 0 Å². The van der Waals surface area contributed by atoms with Gasteiger partial charge in [-0.05, 0) is 93.4 Å². The Balaban J connectivity index is 1.50. The summed E-state index contributed by atoms with van der Waals surface area (Å²) in [7, 11) is -2.18. The largest absolute Gasteiger partial charge is 0.351 e. The lowest BCUT2D eigenvalue weighted by molar-refractivity contribution is -0.0503. The van der Waals surface area contributed by atoms with Gasteiger partial charge in [0.1, 0.15) is 0 Å². The van der Waals surface area contributed by atoms with Gasteiger partial charge < -0.3 is 5.32 Å². The fourth-order valence-corrected chi connectivity index (χ4v) is 6.76. The Bertz CT molecular complexity index is 796. The van der Waals surface area contributed by atoms with Crippen LogP contribution in [0.4, 0.5) is 0 Å². The number of nitrogens with one attached hydrogen (secondary N) is 2. The Morgan fingerprint density at radius 2 is 1.69 bits per heavy atom. The van der Waals surface area contributed by atoms with Crippen molar-refractivity contribution in [2.45, 2.75) is 50.3 Å². The minimum atomic E-state index is -3.55. The van der Waals surface area contributed by atoms with Crippen molar-refractivity contribution in [2.24, 2.45) is 23.2 Å². The molecule has 26 heavy (non-hydrogen) atoms. The molecule has 6 heteroatoms. The van der Waals surface area contributed by atoms with Crippen LogP contribution in [-0.4, -0.2) is 27.9 Å². The number of rotatable bonds is 5. The highest BCUT2D eigenvalue weighted by Crippen LogP contribution is 2.59. The fourth-order valence-electron chi connectivity index (χ4n) is 6.00. The van der Waals surface area contributed by atoms with E-state index in [4.69, 9.17) is 0 Å². The lowest BCUT2D eigenvalue weighted by atomic mass is 9.49. The monoisotopic (exact) mass is 376 g/mol. The molecule has 0 heterocycles. The molecule has 0 saturated heterocycles. The van der Waals surface area contributed by atoms with E-state index < -0.39 is 10.0 Å². The summed E-state index contributed by atoms with van der Waals surface area (Å²) < 4.78 is 26.4. The van der Waals surface area contributed by atoms with Crippen LogP contribution >= 0.6 is 0 Å². The molecule has 0 aliphatic heterocycles. The predicted molar refractivity (Wildman–Crippen MR) is 100 cm³/mol. The van der Waals surface area contributed by atoms with Gasteiger partial charge in [0.25, 0.3) is 5.91 Å². The molecule has 4 aliphatic carbocycles. The lowest BCUT2D eigenvalue weighted by Gasteiger charge is -2.56. The van der Waals surface area contributed by atoms with E-state index >= 15 is 0 Å². The lowest BCUT2D eigenvalue weighted by Crippen LogP contribution is -2.51. The first-order valence-electron chi connectivity index (χ1n) is 9.63. The van der Waals surface area contributed by atoms with Crippen molar-refractivity contribution in [1.29, 1.82) is 0 Å². The maximum absolute atomic E-state index is 12.8. The average Bonchev–Trinajstić information content (AvgIpc) is 2.59. The highest BCUT2D eigenvalue weighted by Gasteiger charge is 2.50. The van der Waals surface area contributed by atoms with Crippen molar-refractivity contribution in [3.63, 3.8) is 0 Å². The van der Waals surface area contributed by atoms with Crippen molar-refractivity contribution in [2.75, 3.05) is 13.6 Å². The van der Waals surface area contributed by atoms with E-state index in [1.807, 2.05) is 6.92 Å². The second kappa shape index (κ2) is 6.34. The molecule has 1 aromatic carbocycles. The van der Waals surface area contributed by atoms with Gasteiger partial charge in [0.2, 0.25) is 10.0 Å². The van der Waals surface area contributed by atoms with E-state index in [2.05, 4.69) is 10.0 Å². The van der Waals surface area contributed by atoms with Crippen LogP contribution in [0.3, 0.4) is 0 Å². The van der Waals surface area contributed by atoms with Crippen molar-refractivity contribution in [3.05, 3.63) is 29.3 Å². The number of aryl methyl sites for hydroxylation is 1. The summed E-state index contributed by atoms with van der Waals surface area (Å²) in [4.78, 5) is 12.9. The summed E-state index contributed by atoms with van der Waals surface area (Å²) in [6, 6.07) is 4.72. The summed E-state index contributed by atoms with van der Waals surface area (Å²) in [5, 5.41) is 3.14. The molecule has 0 aromatic heterocycles. The van der Waals surface area contributed by atoms with E-state index in [-0.39, 0.29) is 16.2 Å². The van der Waals surface area contributed by atoms with Crippen molar-refractivity contribution in [3.8, 4) is 0 Å². The highest BCUT2D eigenvalue weighted by molar-refractivity contribution is 7.89. The third-order valence-electron chi connectivity index (χ3n) is 6.82. The van der Waals surface area contributed by atoms with Gasteiger partial charge in [0.15, 0.2) is 0 Å². The molecule has 4 saturated carbocycles. The minimum Gasteiger partial charge on any atom is -0.351 e. The minimum absolute atomic E-state index is 0.130. The number of benzene rings is 1. The molecule has 4 bridgehead atoms. The van der Waals surface area contributed by atoms with E-state index in [1.165, 1.54) is 57.7 Å². The SMILES string of the molecule is CNS(=O)(=O)c1ccc(C)c(C(=O)NCC23CC4CC(CC(C4)C2)C3)c1. The first kappa shape index (κ1) is 18.0. The molecule has 142 valence electrons. The normalized spacial score (nSPS) is 32.6. The maximum atomic E-state index is 12.8. The zero-order valence-electron chi connectivity index (χ0n) is 15.5. The average molecular weight is 377 g/mol. The number of sulfonamides is 1. The van der Waals surface area contributed by atoms with E-state index in [9.17, 15) is 13.2 Å². The summed E-state index contributed by atoms with van der Waals surface area (Å²) in [5.41, 5.74) is 1.52. The van der Waals surface area contributed by atoms with Gasteiger partial charge in [-0.25, -0.2) is 13.1 Å². The molecule has 0 unspecified atom stereocenters. The topological polar surface area (TPSA) is 75.3 Å². The second-order valence-corrected chi connectivity index (χ2v) is 10.7. The van der Waals surface area contributed by atoms with Crippen LogP contribution in [0.5, 0.6) is 0 Å². The third-order valence-corrected chi connectivity index (χ3v) is 8.23. The fraction of sp³-hybridized carbons (Fsp3) is 0.650. The van der Waals surface area contributed by atoms with Crippen molar-refractivity contribution in [1.82, 2.24) is 10.0 Å². The summed E-state index contributed by atoms with van der Waals surface area (Å²) >= 11 is 0. The zero-order valence-corrected chi connectivity index (χ0v) is 16.4. The Kier molecular flexibility index (Phi) is 4.39. The second-order valence-electron chi connectivity index (χ2n) is 8.78. The van der Waals surface area contributed by atoms with Crippen molar-refractivity contribution >= 4 is 15.9 Å². The molecule has 5 nitrogen and oxygen atoms in total. The van der Waals surface area contributed by atoms with Gasteiger partial charge in [-0.2, -0.15) is 0 Å². The van der Waals surface area contributed by atoms with Gasteiger partial charge in [0, 0.05) is 12.1 Å². The molecule has 4 aliphatic rings. The van der Waals surface area contributed by atoms with Crippen LogP contribution in [0.1, 0.15) is 54.4 Å². The molecule has 0 radical (unpaired) electrons. The smallest absolute Gasteiger partial charge is 0.251 e. The first-order valence-corrected chi connectivity index (χ1v) is 11.1. The molecular weight excluding hydrogens is 348 g/mol. The predicted octanol–water partition coefficient (Wildman–Crippen LogP) is 2.85. The summed E-state index contributed by atoms with van der Waals surface area (Å²) in [6.07, 6.45) is 7.88. The molecule has 2 N–H and O–H groups in total. The third kappa shape index (κ3) is 3.18. The molecule has 0 spiro atoms. The van der Waals surface area contributed by atoms with Crippen LogP contribution in [0.15, 0.2) is 23.1 Å². The Morgan fingerprint density at radius 1 is 1.12 bits per heavy atom. The molecular formula is C20H28N2O3S. The Labute approximate surface area is 156 Å². The van der Waals surface area contributed by atoms with E-state index in [1.54, 1.807) is 6.07 Å². The number of carbonyl (C=O) groups is 1. The van der Waals surface area contributed by atoms with E-state index in [0.29, 0.717) is 5.56 Å². The van der Waals surface area contributed by atoms with Crippen LogP contribution in [0.25, 0.3) is 0 Å². The number of amides is 1. The maximum Gasteiger partial charge on any atom is 0.251 e. The van der Waals surface area contributed by atoms with Crippen molar-refractivity contribution < 1.29 is 13.2 Å². The molecule has 4 fully saturated rings. The Hall–Kier alpha value is -1.40. The van der Waals surface area contributed by atoms with Crippen LogP contribution in [0.2, 0.25) is 0 Å². The quantitative estimate of drug-likeness (QED) is 0.830. The van der Waals surface area contributed by atoms with Gasteiger partial charge in [-0.3, -0.25) is 4.79 Å². The summed E-state index contributed by atoms with van der Waals surface area (Å²) in [6.45, 7) is 2.56. The summed E-state index contributed by atoms with van der Waals surface area (Å²) in [5.74, 6) is 2.39. The van der Waals surface area contributed by atoms with Crippen LogP contribution in [0, 0.1) is 30.1 Å². The van der Waals surface area contributed by atoms with Gasteiger partial charge in [-0.1, -0.05) is 6.07 Å². The molecule has 5 rings (SSSR count). The van der Waals surface area contributed by atoms with Gasteiger partial charge in [-0.15, -0.1) is 0 Å². The van der Waals surface area contributed by atoms with Crippen LogP contribution < -0.4 is 10.0 Å². The van der Waals surface area contributed by atoms with Crippen LogP contribution in [-0.2, 0) is 10.0 Å². The van der Waals surface area contributed by atoms with E-state index in [0.717, 1.165) is 29.9 Å². The molecule has 1 aromatic rings. The standard InChI is InChI=1S/C20H28N2O3S/c1-13-3-4-17(26(24,25)21-2)8-18(13)19(23)22-12-20-9-14-5-15(10-20)7-16(6-14)11-20/h3-4,8,14-16,21H,5-7,9-12H2,1-2H3,(H,22,23). The number of hydrogen-bond acceptors (Lipinski definition) is 3. The van der Waals surface area contributed by atoms with Gasteiger partial charge in [0.05, 0.1) is 4.90 Å². The zero-order chi connectivity index (χ0) is 18.5. The first-order chi connectivity index (χ1) is 12.3.